The maximum Gasteiger partial charge on any atom is 0.0720 e. The van der Waals surface area contributed by atoms with Crippen LogP contribution >= 0.6 is 0 Å². The zero-order chi connectivity index (χ0) is 9.52. The van der Waals surface area contributed by atoms with Gasteiger partial charge in [-0.25, -0.2) is 0 Å². The summed E-state index contributed by atoms with van der Waals surface area (Å²) in [6.07, 6.45) is 5.99. The van der Waals surface area contributed by atoms with Crippen molar-refractivity contribution in [1.29, 1.82) is 0 Å². The first kappa shape index (κ1) is 9.83. The van der Waals surface area contributed by atoms with Crippen molar-refractivity contribution < 1.29 is 4.74 Å². The van der Waals surface area contributed by atoms with Crippen molar-refractivity contribution in [2.45, 2.75) is 26.1 Å². The smallest absolute Gasteiger partial charge is 0.0720 e. The summed E-state index contributed by atoms with van der Waals surface area (Å²) in [5.41, 5.74) is 1.19. The molecule has 0 saturated carbocycles. The van der Waals surface area contributed by atoms with Crippen molar-refractivity contribution in [3.05, 3.63) is 35.9 Å². The Labute approximate surface area is 79.7 Å². The Hall–Kier alpha value is -1.26. The van der Waals surface area contributed by atoms with Gasteiger partial charge < -0.3 is 4.74 Å². The maximum atomic E-state index is 5.53. The van der Waals surface area contributed by atoms with Gasteiger partial charge in [-0.2, -0.15) is 0 Å². The Balaban J connectivity index is 2.32. The lowest BCUT2D eigenvalue weighted by Gasteiger charge is -2.09. The Morgan fingerprint density at radius 1 is 1.38 bits per heavy atom. The zero-order valence-corrected chi connectivity index (χ0v) is 7.86. The van der Waals surface area contributed by atoms with Crippen LogP contribution in [0.25, 0.3) is 0 Å². The SMILES string of the molecule is C#CCC(C)OCc1ccccc1. The monoisotopic (exact) mass is 174 g/mol. The van der Waals surface area contributed by atoms with Crippen LogP contribution in [0.3, 0.4) is 0 Å². The van der Waals surface area contributed by atoms with E-state index in [4.69, 9.17) is 11.2 Å². The summed E-state index contributed by atoms with van der Waals surface area (Å²) in [5.74, 6) is 2.58. The average Bonchev–Trinajstić information content (AvgIpc) is 2.17. The van der Waals surface area contributed by atoms with Crippen LogP contribution in [0.15, 0.2) is 30.3 Å². The van der Waals surface area contributed by atoms with Crippen molar-refractivity contribution in [3.63, 3.8) is 0 Å². The van der Waals surface area contributed by atoms with E-state index in [0.29, 0.717) is 13.0 Å². The molecule has 1 rings (SSSR count). The molecular formula is C12H14O. The highest BCUT2D eigenvalue weighted by Gasteiger charge is 1.99. The van der Waals surface area contributed by atoms with Crippen LogP contribution in [0.5, 0.6) is 0 Å². The number of hydrogen-bond acceptors (Lipinski definition) is 1. The quantitative estimate of drug-likeness (QED) is 0.637. The highest BCUT2D eigenvalue weighted by Crippen LogP contribution is 2.04. The lowest BCUT2D eigenvalue weighted by Crippen LogP contribution is -2.06. The number of hydrogen-bond donors (Lipinski definition) is 0. The molecular weight excluding hydrogens is 160 g/mol. The van der Waals surface area contributed by atoms with E-state index in [-0.39, 0.29) is 6.10 Å². The van der Waals surface area contributed by atoms with Gasteiger partial charge in [0, 0.05) is 6.42 Å². The van der Waals surface area contributed by atoms with Crippen LogP contribution in [0.2, 0.25) is 0 Å². The topological polar surface area (TPSA) is 9.23 Å². The fourth-order valence-corrected chi connectivity index (χ4v) is 1.04. The van der Waals surface area contributed by atoms with E-state index in [0.717, 1.165) is 0 Å². The first-order valence-electron chi connectivity index (χ1n) is 4.42. The second-order valence-corrected chi connectivity index (χ2v) is 3.02. The van der Waals surface area contributed by atoms with Crippen LogP contribution < -0.4 is 0 Å². The summed E-state index contributed by atoms with van der Waals surface area (Å²) < 4.78 is 5.53. The number of benzene rings is 1. The highest BCUT2D eigenvalue weighted by molar-refractivity contribution is 5.13. The average molecular weight is 174 g/mol. The van der Waals surface area contributed by atoms with E-state index in [2.05, 4.69) is 5.92 Å². The predicted molar refractivity (Wildman–Crippen MR) is 54.1 cm³/mol. The normalized spacial score (nSPS) is 12.0. The van der Waals surface area contributed by atoms with E-state index < -0.39 is 0 Å². The van der Waals surface area contributed by atoms with Crippen LogP contribution in [0, 0.1) is 12.3 Å². The minimum Gasteiger partial charge on any atom is -0.373 e. The number of rotatable bonds is 4. The molecule has 1 unspecified atom stereocenters. The van der Waals surface area contributed by atoms with Gasteiger partial charge in [-0.05, 0) is 12.5 Å². The Morgan fingerprint density at radius 3 is 2.69 bits per heavy atom. The van der Waals surface area contributed by atoms with Gasteiger partial charge in [-0.15, -0.1) is 12.3 Å². The molecule has 1 nitrogen and oxygen atoms in total. The molecule has 1 aromatic carbocycles. The molecule has 0 fully saturated rings. The van der Waals surface area contributed by atoms with Crippen LogP contribution in [-0.4, -0.2) is 6.10 Å². The van der Waals surface area contributed by atoms with Crippen molar-refractivity contribution in [1.82, 2.24) is 0 Å². The van der Waals surface area contributed by atoms with Gasteiger partial charge >= 0.3 is 0 Å². The van der Waals surface area contributed by atoms with Gasteiger partial charge in [0.25, 0.3) is 0 Å². The minimum absolute atomic E-state index is 0.144. The van der Waals surface area contributed by atoms with E-state index >= 15 is 0 Å². The molecule has 0 bridgehead atoms. The van der Waals surface area contributed by atoms with E-state index in [1.165, 1.54) is 5.56 Å². The van der Waals surface area contributed by atoms with E-state index in [1.807, 2.05) is 37.3 Å². The summed E-state index contributed by atoms with van der Waals surface area (Å²) in [6.45, 7) is 2.63. The van der Waals surface area contributed by atoms with Gasteiger partial charge in [0.15, 0.2) is 0 Å². The van der Waals surface area contributed by atoms with Gasteiger partial charge in [0.2, 0.25) is 0 Å². The second-order valence-electron chi connectivity index (χ2n) is 3.02. The summed E-state index contributed by atoms with van der Waals surface area (Å²) in [4.78, 5) is 0. The third-order valence-corrected chi connectivity index (χ3v) is 1.78. The van der Waals surface area contributed by atoms with Crippen molar-refractivity contribution in [3.8, 4) is 12.3 Å². The number of terminal acetylenes is 1. The Morgan fingerprint density at radius 2 is 2.08 bits per heavy atom. The molecule has 0 heterocycles. The summed E-state index contributed by atoms with van der Waals surface area (Å²) in [5, 5.41) is 0. The predicted octanol–water partition coefficient (Wildman–Crippen LogP) is 2.62. The van der Waals surface area contributed by atoms with Crippen molar-refractivity contribution in [2.24, 2.45) is 0 Å². The largest absolute Gasteiger partial charge is 0.373 e. The standard InChI is InChI=1S/C12H14O/c1-3-7-11(2)13-10-12-8-5-4-6-9-12/h1,4-6,8-9,11H,7,10H2,2H3. The van der Waals surface area contributed by atoms with Gasteiger partial charge in [0.05, 0.1) is 12.7 Å². The molecule has 68 valence electrons. The third-order valence-electron chi connectivity index (χ3n) is 1.78. The molecule has 0 aliphatic rings. The summed E-state index contributed by atoms with van der Waals surface area (Å²) >= 11 is 0. The summed E-state index contributed by atoms with van der Waals surface area (Å²) in [6, 6.07) is 10.1. The highest BCUT2D eigenvalue weighted by atomic mass is 16.5. The van der Waals surface area contributed by atoms with E-state index in [9.17, 15) is 0 Å². The van der Waals surface area contributed by atoms with E-state index in [1.54, 1.807) is 0 Å². The molecule has 0 saturated heterocycles. The molecule has 1 aromatic rings. The van der Waals surface area contributed by atoms with Crippen molar-refractivity contribution >= 4 is 0 Å². The van der Waals surface area contributed by atoms with Crippen molar-refractivity contribution in [2.75, 3.05) is 0 Å². The van der Waals surface area contributed by atoms with Crippen LogP contribution in [0.4, 0.5) is 0 Å². The van der Waals surface area contributed by atoms with Crippen LogP contribution in [0.1, 0.15) is 18.9 Å². The molecule has 1 atom stereocenters. The zero-order valence-electron chi connectivity index (χ0n) is 7.86. The molecule has 0 aromatic heterocycles. The Bertz CT molecular complexity index is 271. The summed E-state index contributed by atoms with van der Waals surface area (Å²) in [7, 11) is 0. The maximum absolute atomic E-state index is 5.53. The fourth-order valence-electron chi connectivity index (χ4n) is 1.04. The second kappa shape index (κ2) is 5.40. The molecule has 0 amide bonds. The van der Waals surface area contributed by atoms with Gasteiger partial charge in [-0.3, -0.25) is 0 Å². The minimum atomic E-state index is 0.144. The lowest BCUT2D eigenvalue weighted by molar-refractivity contribution is 0.0566. The van der Waals surface area contributed by atoms with Crippen LogP contribution in [-0.2, 0) is 11.3 Å². The van der Waals surface area contributed by atoms with Gasteiger partial charge in [0.1, 0.15) is 0 Å². The molecule has 0 radical (unpaired) electrons. The first-order valence-corrected chi connectivity index (χ1v) is 4.42. The lowest BCUT2D eigenvalue weighted by atomic mass is 10.2. The first-order chi connectivity index (χ1) is 6.33. The van der Waals surface area contributed by atoms with Gasteiger partial charge in [-0.1, -0.05) is 30.3 Å². The molecule has 1 heteroatoms. The molecule has 0 aliphatic heterocycles. The number of ether oxygens (including phenoxy) is 1. The fraction of sp³-hybridized carbons (Fsp3) is 0.333. The molecule has 0 N–H and O–H groups in total. The molecule has 0 spiro atoms. The Kier molecular flexibility index (Phi) is 4.08. The third kappa shape index (κ3) is 3.78. The molecule has 13 heavy (non-hydrogen) atoms. The molecule has 0 aliphatic carbocycles.